The molecule has 7 aromatic carbocycles. The van der Waals surface area contributed by atoms with Crippen LogP contribution in [-0.4, -0.2) is 9.13 Å². The van der Waals surface area contributed by atoms with Crippen LogP contribution in [0, 0.1) is 0 Å². The summed E-state index contributed by atoms with van der Waals surface area (Å²) >= 11 is 1.88. The molecular formula is C48H32N2S. The van der Waals surface area contributed by atoms with Crippen molar-refractivity contribution >= 4 is 76.4 Å². The van der Waals surface area contributed by atoms with Gasteiger partial charge in [-0.15, -0.1) is 11.3 Å². The Balaban J connectivity index is 1.08. The Morgan fingerprint density at radius 2 is 1.18 bits per heavy atom. The van der Waals surface area contributed by atoms with E-state index in [1.807, 2.05) is 11.3 Å². The Kier molecular flexibility index (Phi) is 6.28. The fourth-order valence-corrected chi connectivity index (χ4v) is 9.68. The molecule has 11 rings (SSSR count). The minimum Gasteiger partial charge on any atom is -0.310 e. The van der Waals surface area contributed by atoms with Gasteiger partial charge >= 0.3 is 0 Å². The number of aromatic nitrogens is 2. The van der Waals surface area contributed by atoms with Gasteiger partial charge in [-0.1, -0.05) is 121 Å². The van der Waals surface area contributed by atoms with Gasteiger partial charge in [-0.05, 0) is 77.7 Å². The van der Waals surface area contributed by atoms with Crippen molar-refractivity contribution in [1.29, 1.82) is 0 Å². The first-order valence-corrected chi connectivity index (χ1v) is 18.5. The van der Waals surface area contributed by atoms with Crippen LogP contribution in [0.3, 0.4) is 0 Å². The summed E-state index contributed by atoms with van der Waals surface area (Å²) in [6, 6.07) is 60.2. The van der Waals surface area contributed by atoms with Gasteiger partial charge in [0.1, 0.15) is 0 Å². The van der Waals surface area contributed by atoms with Gasteiger partial charge < -0.3 is 9.13 Å². The number of para-hydroxylation sites is 2. The SMILES string of the molecule is C1=c2c(n(-c3cccc(-c4ccccc4)c3)c3ccccc23)=CCC1c1ccc2c(c1)c1ccccc1n2-c1cccc2sc3ccccc3c12. The minimum atomic E-state index is 0.281. The highest BCUT2D eigenvalue weighted by Crippen LogP contribution is 2.41. The summed E-state index contributed by atoms with van der Waals surface area (Å²) in [5.74, 6) is 0.281. The molecule has 0 spiro atoms. The van der Waals surface area contributed by atoms with E-state index in [4.69, 9.17) is 0 Å². The molecule has 0 bridgehead atoms. The maximum absolute atomic E-state index is 2.52. The summed E-state index contributed by atoms with van der Waals surface area (Å²) in [5, 5.41) is 9.16. The molecule has 10 aromatic rings. The molecule has 1 aliphatic rings. The lowest BCUT2D eigenvalue weighted by molar-refractivity contribution is 0.909. The number of nitrogens with zero attached hydrogens (tertiary/aromatic N) is 2. The first-order valence-electron chi connectivity index (χ1n) is 17.7. The molecular weight excluding hydrogens is 637 g/mol. The number of benzene rings is 7. The van der Waals surface area contributed by atoms with Crippen LogP contribution in [0.4, 0.5) is 0 Å². The van der Waals surface area contributed by atoms with Crippen molar-refractivity contribution in [2.24, 2.45) is 0 Å². The van der Waals surface area contributed by atoms with E-state index < -0.39 is 0 Å². The van der Waals surface area contributed by atoms with Crippen LogP contribution in [0.5, 0.6) is 0 Å². The highest BCUT2D eigenvalue weighted by Gasteiger charge is 2.20. The van der Waals surface area contributed by atoms with Crippen LogP contribution in [0.25, 0.3) is 87.5 Å². The second-order valence-corrected chi connectivity index (χ2v) is 14.7. The van der Waals surface area contributed by atoms with Crippen molar-refractivity contribution in [2.75, 3.05) is 0 Å². The van der Waals surface area contributed by atoms with Gasteiger partial charge in [-0.3, -0.25) is 0 Å². The molecule has 0 radical (unpaired) electrons. The first kappa shape index (κ1) is 28.7. The number of hydrogen-bond acceptors (Lipinski definition) is 1. The maximum Gasteiger partial charge on any atom is 0.0555 e. The molecule has 2 nitrogen and oxygen atoms in total. The maximum atomic E-state index is 2.52. The van der Waals surface area contributed by atoms with Gasteiger partial charge in [0.15, 0.2) is 0 Å². The van der Waals surface area contributed by atoms with Gasteiger partial charge in [-0.25, -0.2) is 0 Å². The molecule has 3 heteroatoms. The molecule has 0 aliphatic heterocycles. The molecule has 3 aromatic heterocycles. The summed E-state index contributed by atoms with van der Waals surface area (Å²) in [7, 11) is 0. The molecule has 0 amide bonds. The van der Waals surface area contributed by atoms with Crippen LogP contribution in [0.15, 0.2) is 164 Å². The highest BCUT2D eigenvalue weighted by molar-refractivity contribution is 7.25. The standard InChI is InChI=1S/C48H32N2S/c1-2-12-31(13-3-1)32-14-10-15-35(28-32)49-41-19-7-4-16-36(41)39-29-33(24-26-43(39)49)34-25-27-44-40(30-34)37-17-5-8-20-42(37)50(44)45-21-11-23-47-48(45)38-18-6-9-22-46(38)51-47/h1-23,25-30,33H,24H2. The van der Waals surface area contributed by atoms with Crippen molar-refractivity contribution in [2.45, 2.75) is 12.3 Å². The zero-order valence-electron chi connectivity index (χ0n) is 27.8. The Morgan fingerprint density at radius 1 is 0.490 bits per heavy atom. The lowest BCUT2D eigenvalue weighted by Crippen LogP contribution is -2.31. The average molecular weight is 669 g/mol. The van der Waals surface area contributed by atoms with Crippen molar-refractivity contribution < 1.29 is 0 Å². The number of thiophene rings is 1. The van der Waals surface area contributed by atoms with Crippen LogP contribution in [-0.2, 0) is 0 Å². The lowest BCUT2D eigenvalue weighted by atomic mass is 9.90. The van der Waals surface area contributed by atoms with E-state index in [1.165, 1.54) is 91.5 Å². The normalized spacial score (nSPS) is 14.3. The van der Waals surface area contributed by atoms with E-state index in [2.05, 4.69) is 185 Å². The molecule has 3 heterocycles. The summed E-state index contributed by atoms with van der Waals surface area (Å²) in [5.41, 5.74) is 10.00. The Hall–Kier alpha value is -6.16. The predicted molar refractivity (Wildman–Crippen MR) is 218 cm³/mol. The topological polar surface area (TPSA) is 9.86 Å². The third-order valence-electron chi connectivity index (χ3n) is 10.8. The zero-order chi connectivity index (χ0) is 33.5. The smallest absolute Gasteiger partial charge is 0.0555 e. The summed E-state index contributed by atoms with van der Waals surface area (Å²) in [6.45, 7) is 0. The van der Waals surface area contributed by atoms with Crippen LogP contribution >= 0.6 is 11.3 Å². The molecule has 0 N–H and O–H groups in total. The number of rotatable bonds is 4. The fourth-order valence-electron chi connectivity index (χ4n) is 8.56. The minimum absolute atomic E-state index is 0.281. The first-order chi connectivity index (χ1) is 25.3. The van der Waals surface area contributed by atoms with E-state index in [1.54, 1.807) is 0 Å². The Labute approximate surface area is 299 Å². The molecule has 1 atom stereocenters. The molecule has 240 valence electrons. The van der Waals surface area contributed by atoms with E-state index in [9.17, 15) is 0 Å². The van der Waals surface area contributed by atoms with Gasteiger partial charge in [0.05, 0.1) is 22.2 Å². The molecule has 0 fully saturated rings. The average Bonchev–Trinajstić information content (AvgIpc) is 3.85. The monoisotopic (exact) mass is 668 g/mol. The van der Waals surface area contributed by atoms with Crippen molar-refractivity contribution in [3.8, 4) is 22.5 Å². The third-order valence-corrected chi connectivity index (χ3v) is 12.0. The van der Waals surface area contributed by atoms with Gasteiger partial charge in [0.25, 0.3) is 0 Å². The molecule has 0 saturated heterocycles. The van der Waals surface area contributed by atoms with Crippen molar-refractivity contribution in [1.82, 2.24) is 9.13 Å². The molecule has 1 unspecified atom stereocenters. The number of fused-ring (bicyclic) bond motifs is 9. The quantitative estimate of drug-likeness (QED) is 0.177. The van der Waals surface area contributed by atoms with Gasteiger partial charge in [0, 0.05) is 58.5 Å². The summed E-state index contributed by atoms with van der Waals surface area (Å²) in [4.78, 5) is 0. The molecule has 1 aliphatic carbocycles. The predicted octanol–water partition coefficient (Wildman–Crippen LogP) is 11.5. The van der Waals surface area contributed by atoms with Gasteiger partial charge in [-0.2, -0.15) is 0 Å². The Morgan fingerprint density at radius 3 is 2.06 bits per heavy atom. The van der Waals surface area contributed by atoms with Gasteiger partial charge in [0.2, 0.25) is 0 Å². The highest BCUT2D eigenvalue weighted by atomic mass is 32.1. The van der Waals surface area contributed by atoms with Crippen LogP contribution < -0.4 is 10.6 Å². The van der Waals surface area contributed by atoms with E-state index in [0.717, 1.165) is 6.42 Å². The number of hydrogen-bond donors (Lipinski definition) is 0. The van der Waals surface area contributed by atoms with Crippen molar-refractivity contribution in [3.05, 3.63) is 180 Å². The third kappa shape index (κ3) is 4.35. The van der Waals surface area contributed by atoms with Crippen LogP contribution in [0.1, 0.15) is 17.9 Å². The molecule has 0 saturated carbocycles. The van der Waals surface area contributed by atoms with Crippen molar-refractivity contribution in [3.63, 3.8) is 0 Å². The van der Waals surface area contributed by atoms with E-state index >= 15 is 0 Å². The largest absolute Gasteiger partial charge is 0.310 e. The molecule has 51 heavy (non-hydrogen) atoms. The fraction of sp³-hybridized carbons (Fsp3) is 0.0417. The van der Waals surface area contributed by atoms with Crippen LogP contribution in [0.2, 0.25) is 0 Å². The second kappa shape index (κ2) is 11.2. The lowest BCUT2D eigenvalue weighted by Gasteiger charge is -2.16. The summed E-state index contributed by atoms with van der Waals surface area (Å²) in [6.07, 6.45) is 5.94. The van der Waals surface area contributed by atoms with E-state index in [-0.39, 0.29) is 5.92 Å². The van der Waals surface area contributed by atoms with E-state index in [0.29, 0.717) is 0 Å². The summed E-state index contributed by atoms with van der Waals surface area (Å²) < 4.78 is 7.60. The second-order valence-electron chi connectivity index (χ2n) is 13.7. The zero-order valence-corrected chi connectivity index (χ0v) is 28.6. The Bertz CT molecular complexity index is 3120.